The Morgan fingerprint density at radius 2 is 2.00 bits per heavy atom. The average molecular weight is 312 g/mol. The van der Waals surface area contributed by atoms with Gasteiger partial charge < -0.3 is 0 Å². The Morgan fingerprint density at radius 1 is 1.42 bits per heavy atom. The van der Waals surface area contributed by atoms with Gasteiger partial charge in [0.05, 0.1) is 5.56 Å². The molecule has 0 aromatic heterocycles. The molecule has 0 spiro atoms. The van der Waals surface area contributed by atoms with Gasteiger partial charge in [-0.1, -0.05) is 6.07 Å². The van der Waals surface area contributed by atoms with Crippen LogP contribution < -0.4 is 0 Å². The first kappa shape index (κ1) is 10.2. The second kappa shape index (κ2) is 3.90. The van der Waals surface area contributed by atoms with Crippen LogP contribution in [0.25, 0.3) is 0 Å². The number of hydrogen-bond donors (Lipinski definition) is 0. The number of rotatable bonds is 1. The van der Waals surface area contributed by atoms with Gasteiger partial charge in [0.15, 0.2) is 0 Å². The fourth-order valence-electron chi connectivity index (χ4n) is 0.888. The molecule has 0 radical (unpaired) electrons. The molecule has 0 aliphatic heterocycles. The van der Waals surface area contributed by atoms with Crippen molar-refractivity contribution in [3.8, 4) is 0 Å². The molecule has 1 rings (SSSR count). The summed E-state index contributed by atoms with van der Waals surface area (Å²) in [7, 11) is 0. The lowest BCUT2D eigenvalue weighted by Gasteiger charge is -2.04. The van der Waals surface area contributed by atoms with Crippen LogP contribution in [0.1, 0.15) is 15.9 Å². The SMILES string of the molecule is Cc1ccc(Br)c(Br)c1C(=O)Cl. The molecular weight excluding hydrogens is 307 g/mol. The number of carbonyl (C=O) groups is 1. The molecule has 0 aliphatic rings. The van der Waals surface area contributed by atoms with Crippen LogP contribution in [0.3, 0.4) is 0 Å². The molecule has 0 saturated heterocycles. The van der Waals surface area contributed by atoms with Crippen LogP contribution in [0, 0.1) is 6.92 Å². The third kappa shape index (κ3) is 1.90. The van der Waals surface area contributed by atoms with Crippen molar-refractivity contribution in [2.45, 2.75) is 6.92 Å². The van der Waals surface area contributed by atoms with E-state index in [0.29, 0.717) is 10.0 Å². The summed E-state index contributed by atoms with van der Waals surface area (Å²) in [6.45, 7) is 1.84. The molecule has 0 atom stereocenters. The summed E-state index contributed by atoms with van der Waals surface area (Å²) in [4.78, 5) is 11.0. The smallest absolute Gasteiger partial charge is 0.253 e. The van der Waals surface area contributed by atoms with E-state index in [1.54, 1.807) is 0 Å². The third-order valence-electron chi connectivity index (χ3n) is 1.50. The van der Waals surface area contributed by atoms with Crippen LogP contribution >= 0.6 is 43.5 Å². The minimum absolute atomic E-state index is 0.444. The van der Waals surface area contributed by atoms with Crippen molar-refractivity contribution in [1.29, 1.82) is 0 Å². The predicted octanol–water partition coefficient (Wildman–Crippen LogP) is 3.90. The molecule has 1 aromatic rings. The Morgan fingerprint density at radius 3 is 2.42 bits per heavy atom. The van der Waals surface area contributed by atoms with Gasteiger partial charge in [0, 0.05) is 8.95 Å². The van der Waals surface area contributed by atoms with Crippen molar-refractivity contribution in [1.82, 2.24) is 0 Å². The Labute approximate surface area is 92.4 Å². The quantitative estimate of drug-likeness (QED) is 0.719. The van der Waals surface area contributed by atoms with Gasteiger partial charge in [-0.2, -0.15) is 0 Å². The van der Waals surface area contributed by atoms with Crippen LogP contribution in [-0.4, -0.2) is 5.24 Å². The number of aryl methyl sites for hydroxylation is 1. The van der Waals surface area contributed by atoms with E-state index in [2.05, 4.69) is 31.9 Å². The number of halogens is 3. The highest BCUT2D eigenvalue weighted by Gasteiger charge is 2.12. The molecule has 12 heavy (non-hydrogen) atoms. The molecule has 0 amide bonds. The number of benzene rings is 1. The van der Waals surface area contributed by atoms with Crippen LogP contribution in [0.5, 0.6) is 0 Å². The van der Waals surface area contributed by atoms with Crippen molar-refractivity contribution < 1.29 is 4.79 Å². The summed E-state index contributed by atoms with van der Waals surface area (Å²) in [5, 5.41) is -0.444. The lowest BCUT2D eigenvalue weighted by Crippen LogP contribution is -1.95. The molecule has 0 unspecified atom stereocenters. The normalized spacial score (nSPS) is 10.0. The lowest BCUT2D eigenvalue weighted by molar-refractivity contribution is 0.108. The third-order valence-corrected chi connectivity index (χ3v) is 3.71. The molecule has 0 bridgehead atoms. The van der Waals surface area contributed by atoms with Crippen LogP contribution in [0.2, 0.25) is 0 Å². The van der Waals surface area contributed by atoms with E-state index < -0.39 is 5.24 Å². The maximum absolute atomic E-state index is 11.0. The molecule has 4 heteroatoms. The Bertz CT molecular complexity index is 336. The van der Waals surface area contributed by atoms with Gasteiger partial charge in [0.2, 0.25) is 0 Å². The monoisotopic (exact) mass is 310 g/mol. The van der Waals surface area contributed by atoms with Crippen molar-refractivity contribution in [3.63, 3.8) is 0 Å². The summed E-state index contributed by atoms with van der Waals surface area (Å²) in [5.41, 5.74) is 1.39. The highest BCUT2D eigenvalue weighted by molar-refractivity contribution is 9.13. The average Bonchev–Trinajstić information content (AvgIpc) is 1.97. The van der Waals surface area contributed by atoms with Crippen molar-refractivity contribution in [3.05, 3.63) is 32.2 Å². The van der Waals surface area contributed by atoms with E-state index in [-0.39, 0.29) is 0 Å². The van der Waals surface area contributed by atoms with E-state index in [0.717, 1.165) is 10.0 Å². The molecule has 0 N–H and O–H groups in total. The van der Waals surface area contributed by atoms with E-state index in [9.17, 15) is 4.79 Å². The standard InChI is InChI=1S/C8H5Br2ClO/c1-4-2-3-5(9)7(10)6(4)8(11)12/h2-3H,1H3. The second-order valence-electron chi connectivity index (χ2n) is 2.33. The molecule has 64 valence electrons. The zero-order valence-electron chi connectivity index (χ0n) is 6.20. The van der Waals surface area contributed by atoms with Gasteiger partial charge in [0.1, 0.15) is 0 Å². The van der Waals surface area contributed by atoms with Gasteiger partial charge in [-0.3, -0.25) is 4.79 Å². The highest BCUT2D eigenvalue weighted by atomic mass is 79.9. The first-order valence-electron chi connectivity index (χ1n) is 3.18. The van der Waals surface area contributed by atoms with Crippen LogP contribution in [-0.2, 0) is 0 Å². The summed E-state index contributed by atoms with van der Waals surface area (Å²) in [6.07, 6.45) is 0. The number of hydrogen-bond acceptors (Lipinski definition) is 1. The molecule has 0 fully saturated rings. The van der Waals surface area contributed by atoms with Gasteiger partial charge in [-0.15, -0.1) is 0 Å². The minimum Gasteiger partial charge on any atom is -0.276 e. The van der Waals surface area contributed by atoms with E-state index in [1.807, 2.05) is 19.1 Å². The fraction of sp³-hybridized carbons (Fsp3) is 0.125. The molecule has 0 heterocycles. The zero-order chi connectivity index (χ0) is 9.30. The van der Waals surface area contributed by atoms with Gasteiger partial charge in [-0.25, -0.2) is 0 Å². The molecule has 0 aliphatic carbocycles. The Hall–Kier alpha value is 0.140. The topological polar surface area (TPSA) is 17.1 Å². The Balaban J connectivity index is 3.43. The lowest BCUT2D eigenvalue weighted by atomic mass is 10.1. The second-order valence-corrected chi connectivity index (χ2v) is 4.32. The largest absolute Gasteiger partial charge is 0.276 e. The minimum atomic E-state index is -0.444. The molecule has 1 nitrogen and oxygen atoms in total. The first-order chi connectivity index (χ1) is 5.54. The maximum atomic E-state index is 11.0. The summed E-state index contributed by atoms with van der Waals surface area (Å²) in [6, 6.07) is 3.70. The number of carbonyl (C=O) groups excluding carboxylic acids is 1. The molecule has 1 aromatic carbocycles. The van der Waals surface area contributed by atoms with Gasteiger partial charge in [0.25, 0.3) is 5.24 Å². The van der Waals surface area contributed by atoms with E-state index in [4.69, 9.17) is 11.6 Å². The molecular formula is C8H5Br2ClO. The highest BCUT2D eigenvalue weighted by Crippen LogP contribution is 2.30. The summed E-state index contributed by atoms with van der Waals surface area (Å²) < 4.78 is 1.54. The first-order valence-corrected chi connectivity index (χ1v) is 5.15. The Kier molecular flexibility index (Phi) is 3.32. The maximum Gasteiger partial charge on any atom is 0.253 e. The summed E-state index contributed by atoms with van der Waals surface area (Å²) in [5.74, 6) is 0. The van der Waals surface area contributed by atoms with E-state index in [1.165, 1.54) is 0 Å². The molecule has 0 saturated carbocycles. The summed E-state index contributed by atoms with van der Waals surface area (Å²) >= 11 is 12.0. The predicted molar refractivity (Wildman–Crippen MR) is 56.8 cm³/mol. The van der Waals surface area contributed by atoms with Crippen molar-refractivity contribution in [2.75, 3.05) is 0 Å². The van der Waals surface area contributed by atoms with Crippen molar-refractivity contribution >= 4 is 48.7 Å². The van der Waals surface area contributed by atoms with Gasteiger partial charge in [-0.05, 0) is 62.0 Å². The fourth-order valence-corrected chi connectivity index (χ4v) is 2.20. The zero-order valence-corrected chi connectivity index (χ0v) is 10.1. The van der Waals surface area contributed by atoms with Crippen LogP contribution in [0.4, 0.5) is 0 Å². The van der Waals surface area contributed by atoms with Crippen LogP contribution in [0.15, 0.2) is 21.1 Å². The van der Waals surface area contributed by atoms with E-state index >= 15 is 0 Å². The van der Waals surface area contributed by atoms with Crippen molar-refractivity contribution in [2.24, 2.45) is 0 Å². The van der Waals surface area contributed by atoms with Gasteiger partial charge >= 0.3 is 0 Å².